The lowest BCUT2D eigenvalue weighted by atomic mass is 10.2. The molecule has 0 aliphatic rings. The zero-order valence-electron chi connectivity index (χ0n) is 8.67. The molecule has 4 heteroatoms. The molecule has 1 aromatic carbocycles. The average Bonchev–Trinajstić information content (AvgIpc) is 2.20. The van der Waals surface area contributed by atoms with Gasteiger partial charge >= 0.3 is 0 Å². The Hall–Kier alpha value is -1.11. The second kappa shape index (κ2) is 5.11. The molecule has 0 bridgehead atoms. The van der Waals surface area contributed by atoms with E-state index in [1.54, 1.807) is 31.0 Å². The lowest BCUT2D eigenvalue weighted by Gasteiger charge is -2.19. The van der Waals surface area contributed by atoms with Crippen LogP contribution in [0.1, 0.15) is 12.5 Å². The van der Waals surface area contributed by atoms with Gasteiger partial charge in [0.15, 0.2) is 0 Å². The minimum absolute atomic E-state index is 0.236. The Morgan fingerprint density at radius 1 is 1.60 bits per heavy atom. The highest BCUT2D eigenvalue weighted by molar-refractivity contribution is 6.30. The van der Waals surface area contributed by atoms with Crippen molar-refractivity contribution in [3.63, 3.8) is 0 Å². The number of nitrogens with zero attached hydrogens (tertiary/aromatic N) is 2. The van der Waals surface area contributed by atoms with Gasteiger partial charge in [-0.3, -0.25) is 4.90 Å². The first kappa shape index (κ1) is 12.0. The first-order valence-electron chi connectivity index (χ1n) is 4.58. The molecule has 0 amide bonds. The Kier molecular flexibility index (Phi) is 4.07. The fraction of sp³-hybridized carbons (Fsp3) is 0.364. The molecule has 2 nitrogen and oxygen atoms in total. The Labute approximate surface area is 93.9 Å². The van der Waals surface area contributed by atoms with Crippen molar-refractivity contribution in [3.05, 3.63) is 34.6 Å². The summed E-state index contributed by atoms with van der Waals surface area (Å²) in [5.74, 6) is -0.334. The molecule has 0 aromatic heterocycles. The molecule has 1 unspecified atom stereocenters. The predicted molar refractivity (Wildman–Crippen MR) is 58.0 cm³/mol. The summed E-state index contributed by atoms with van der Waals surface area (Å²) in [4.78, 5) is 1.77. The smallest absolute Gasteiger partial charge is 0.129 e. The Bertz CT molecular complexity index is 387. The van der Waals surface area contributed by atoms with Crippen LogP contribution in [-0.4, -0.2) is 18.0 Å². The number of hydrogen-bond donors (Lipinski definition) is 0. The van der Waals surface area contributed by atoms with Crippen molar-refractivity contribution in [3.8, 4) is 6.07 Å². The molecule has 0 fully saturated rings. The maximum absolute atomic E-state index is 13.4. The molecule has 0 N–H and O–H groups in total. The van der Waals surface area contributed by atoms with Gasteiger partial charge in [0.05, 0.1) is 12.1 Å². The number of hydrogen-bond acceptors (Lipinski definition) is 2. The fourth-order valence-corrected chi connectivity index (χ4v) is 1.31. The van der Waals surface area contributed by atoms with Crippen LogP contribution in [-0.2, 0) is 6.54 Å². The van der Waals surface area contributed by atoms with Crippen LogP contribution in [0.4, 0.5) is 4.39 Å². The molecular weight excluding hydrogens is 215 g/mol. The number of nitriles is 1. The van der Waals surface area contributed by atoms with E-state index in [0.717, 1.165) is 0 Å². The topological polar surface area (TPSA) is 27.0 Å². The van der Waals surface area contributed by atoms with Crippen LogP contribution >= 0.6 is 11.6 Å². The normalized spacial score (nSPS) is 12.5. The van der Waals surface area contributed by atoms with Crippen molar-refractivity contribution in [1.29, 1.82) is 5.26 Å². The summed E-state index contributed by atoms with van der Waals surface area (Å²) in [5.41, 5.74) is 0.545. The molecule has 0 saturated carbocycles. The highest BCUT2D eigenvalue weighted by Gasteiger charge is 2.10. The highest BCUT2D eigenvalue weighted by Crippen LogP contribution is 2.16. The number of halogens is 2. The summed E-state index contributed by atoms with van der Waals surface area (Å²) >= 11 is 5.64. The standard InChI is InChI=1S/C11H12ClFN2/c1-8(6-14)15(2)7-9-3-4-10(12)5-11(9)13/h3-5,8H,7H2,1-2H3. The second-order valence-electron chi connectivity index (χ2n) is 3.46. The van der Waals surface area contributed by atoms with E-state index in [4.69, 9.17) is 16.9 Å². The van der Waals surface area contributed by atoms with Gasteiger partial charge in [-0.1, -0.05) is 17.7 Å². The molecule has 0 heterocycles. The monoisotopic (exact) mass is 226 g/mol. The van der Waals surface area contributed by atoms with Gasteiger partial charge in [0.1, 0.15) is 5.82 Å². The summed E-state index contributed by atoms with van der Waals surface area (Å²) in [6.07, 6.45) is 0. The molecule has 0 spiro atoms. The Morgan fingerprint density at radius 2 is 2.27 bits per heavy atom. The van der Waals surface area contributed by atoms with Gasteiger partial charge in [-0.15, -0.1) is 0 Å². The minimum Gasteiger partial charge on any atom is -0.287 e. The maximum atomic E-state index is 13.4. The predicted octanol–water partition coefficient (Wildman–Crippen LogP) is 2.82. The quantitative estimate of drug-likeness (QED) is 0.793. The van der Waals surface area contributed by atoms with Gasteiger partial charge in [-0.25, -0.2) is 4.39 Å². The molecular formula is C11H12ClFN2. The third-order valence-corrected chi connectivity index (χ3v) is 2.52. The van der Waals surface area contributed by atoms with Crippen LogP contribution in [0.2, 0.25) is 5.02 Å². The average molecular weight is 227 g/mol. The van der Waals surface area contributed by atoms with Crippen LogP contribution in [0, 0.1) is 17.1 Å². The molecule has 1 aromatic rings. The minimum atomic E-state index is -0.334. The molecule has 0 aliphatic carbocycles. The van der Waals surface area contributed by atoms with Crippen molar-refractivity contribution in [1.82, 2.24) is 4.90 Å². The third-order valence-electron chi connectivity index (χ3n) is 2.28. The molecule has 1 rings (SSSR count). The maximum Gasteiger partial charge on any atom is 0.129 e. The second-order valence-corrected chi connectivity index (χ2v) is 3.89. The molecule has 1 atom stereocenters. The van der Waals surface area contributed by atoms with Gasteiger partial charge in [0.2, 0.25) is 0 Å². The van der Waals surface area contributed by atoms with E-state index in [2.05, 4.69) is 6.07 Å². The zero-order chi connectivity index (χ0) is 11.4. The molecule has 80 valence electrons. The first-order chi connectivity index (χ1) is 7.04. The Morgan fingerprint density at radius 3 is 2.80 bits per heavy atom. The summed E-state index contributed by atoms with van der Waals surface area (Å²) in [6, 6.07) is 6.42. The van der Waals surface area contributed by atoms with Gasteiger partial charge in [0.25, 0.3) is 0 Å². The van der Waals surface area contributed by atoms with Gasteiger partial charge in [-0.05, 0) is 26.1 Å². The van der Waals surface area contributed by atoms with Crippen LogP contribution in [0.3, 0.4) is 0 Å². The summed E-state index contributed by atoms with van der Waals surface area (Å²) in [5, 5.41) is 9.07. The van der Waals surface area contributed by atoms with E-state index < -0.39 is 0 Å². The van der Waals surface area contributed by atoms with E-state index in [9.17, 15) is 4.39 Å². The lowest BCUT2D eigenvalue weighted by molar-refractivity contribution is 0.290. The van der Waals surface area contributed by atoms with E-state index >= 15 is 0 Å². The van der Waals surface area contributed by atoms with E-state index in [1.807, 2.05) is 0 Å². The SMILES string of the molecule is CC(C#N)N(C)Cc1ccc(Cl)cc1F. The van der Waals surface area contributed by atoms with Crippen molar-refractivity contribution < 1.29 is 4.39 Å². The van der Waals surface area contributed by atoms with E-state index in [1.165, 1.54) is 6.07 Å². The van der Waals surface area contributed by atoms with Crippen LogP contribution in [0.5, 0.6) is 0 Å². The van der Waals surface area contributed by atoms with Crippen molar-refractivity contribution in [2.75, 3.05) is 7.05 Å². The first-order valence-corrected chi connectivity index (χ1v) is 4.96. The largest absolute Gasteiger partial charge is 0.287 e. The Balaban J connectivity index is 2.78. The van der Waals surface area contributed by atoms with Crippen LogP contribution in [0.15, 0.2) is 18.2 Å². The van der Waals surface area contributed by atoms with Crippen molar-refractivity contribution in [2.24, 2.45) is 0 Å². The zero-order valence-corrected chi connectivity index (χ0v) is 9.42. The van der Waals surface area contributed by atoms with Gasteiger partial charge in [0, 0.05) is 17.1 Å². The lowest BCUT2D eigenvalue weighted by Crippen LogP contribution is -2.27. The van der Waals surface area contributed by atoms with Gasteiger partial charge in [-0.2, -0.15) is 5.26 Å². The third kappa shape index (κ3) is 3.19. The number of benzene rings is 1. The van der Waals surface area contributed by atoms with Crippen molar-refractivity contribution >= 4 is 11.6 Å². The van der Waals surface area contributed by atoms with E-state index in [-0.39, 0.29) is 11.9 Å². The summed E-state index contributed by atoms with van der Waals surface area (Å²) < 4.78 is 13.4. The van der Waals surface area contributed by atoms with Crippen LogP contribution in [0.25, 0.3) is 0 Å². The molecule has 0 radical (unpaired) electrons. The van der Waals surface area contributed by atoms with Crippen molar-refractivity contribution in [2.45, 2.75) is 19.5 Å². The van der Waals surface area contributed by atoms with E-state index in [0.29, 0.717) is 17.1 Å². The van der Waals surface area contributed by atoms with Gasteiger partial charge < -0.3 is 0 Å². The highest BCUT2D eigenvalue weighted by atomic mass is 35.5. The summed E-state index contributed by atoms with van der Waals surface area (Å²) in [6.45, 7) is 2.17. The fourth-order valence-electron chi connectivity index (χ4n) is 1.15. The molecule has 15 heavy (non-hydrogen) atoms. The molecule has 0 saturated heterocycles. The summed E-state index contributed by atoms with van der Waals surface area (Å²) in [7, 11) is 1.78. The number of rotatable bonds is 3. The van der Waals surface area contributed by atoms with Crippen LogP contribution < -0.4 is 0 Å². The molecule has 0 aliphatic heterocycles.